The molecule has 0 atom stereocenters. The number of aliphatic hydroxyl groups is 1. The Morgan fingerprint density at radius 1 is 1.12 bits per heavy atom. The van der Waals surface area contributed by atoms with Gasteiger partial charge in [0.05, 0.1) is 0 Å². The van der Waals surface area contributed by atoms with Crippen LogP contribution in [0, 0.1) is 0 Å². The van der Waals surface area contributed by atoms with Crippen molar-refractivity contribution in [2.45, 2.75) is 27.7 Å². The molecule has 0 rings (SSSR count). The third-order valence-corrected chi connectivity index (χ3v) is 6.71. The van der Waals surface area contributed by atoms with Gasteiger partial charge in [0, 0.05) is 26.2 Å². The van der Waals surface area contributed by atoms with Gasteiger partial charge in [-0.05, 0) is 0 Å². The molecule has 0 heterocycles. The third kappa shape index (κ3) is 3.01. The minimum atomic E-state index is -2.99. The van der Waals surface area contributed by atoms with E-state index in [1.807, 2.05) is 27.7 Å². The van der Waals surface area contributed by atoms with E-state index < -0.39 is 7.44 Å². The molecule has 0 aromatic rings. The van der Waals surface area contributed by atoms with Crippen LogP contribution < -0.4 is 0 Å². The maximum Gasteiger partial charge on any atom is 0.259 e. The van der Waals surface area contributed by atoms with Gasteiger partial charge in [0.2, 0.25) is 0 Å². The molecule has 0 radical (unpaired) electrons. The monoisotopic (exact) mass is 268 g/mol. The highest BCUT2D eigenvalue weighted by Gasteiger charge is 2.37. The molecule has 1 N–H and O–H groups in total. The SMILES string of the molecule is CCN(CC)P(=O)(C(Cl)=CO)N(CC)CC. The summed E-state index contributed by atoms with van der Waals surface area (Å²) >= 11 is 5.94. The Bertz CT molecular complexity index is 260. The van der Waals surface area contributed by atoms with E-state index in [-0.39, 0.29) is 4.77 Å². The van der Waals surface area contributed by atoms with Crippen molar-refractivity contribution in [3.05, 3.63) is 11.0 Å². The summed E-state index contributed by atoms with van der Waals surface area (Å²) in [4.78, 5) is 0. The zero-order chi connectivity index (χ0) is 12.8. The third-order valence-electron chi connectivity index (χ3n) is 2.61. The normalized spacial score (nSPS) is 13.8. The Morgan fingerprint density at radius 2 is 1.44 bits per heavy atom. The van der Waals surface area contributed by atoms with Crippen LogP contribution in [0.1, 0.15) is 27.7 Å². The highest BCUT2D eigenvalue weighted by molar-refractivity contribution is 7.65. The molecule has 0 aromatic heterocycles. The van der Waals surface area contributed by atoms with Crippen LogP contribution >= 0.6 is 19.0 Å². The van der Waals surface area contributed by atoms with E-state index in [4.69, 9.17) is 16.7 Å². The molecule has 16 heavy (non-hydrogen) atoms. The van der Waals surface area contributed by atoms with Gasteiger partial charge in [-0.25, -0.2) is 9.34 Å². The van der Waals surface area contributed by atoms with Crippen molar-refractivity contribution >= 4 is 19.0 Å². The number of hydrogen-bond donors (Lipinski definition) is 1. The van der Waals surface area contributed by atoms with Crippen LogP contribution in [-0.4, -0.2) is 40.6 Å². The summed E-state index contributed by atoms with van der Waals surface area (Å²) in [6.45, 7) is 10.3. The quantitative estimate of drug-likeness (QED) is 0.567. The summed E-state index contributed by atoms with van der Waals surface area (Å²) in [5.41, 5.74) is 0. The second-order valence-corrected chi connectivity index (χ2v) is 6.65. The lowest BCUT2D eigenvalue weighted by Gasteiger charge is -2.36. The maximum absolute atomic E-state index is 13.0. The summed E-state index contributed by atoms with van der Waals surface area (Å²) in [5, 5.41) is 9.03. The van der Waals surface area contributed by atoms with Crippen molar-refractivity contribution < 1.29 is 9.67 Å². The Balaban J connectivity index is 5.42. The minimum Gasteiger partial charge on any atom is -0.514 e. The van der Waals surface area contributed by atoms with Gasteiger partial charge in [0.25, 0.3) is 7.44 Å². The van der Waals surface area contributed by atoms with Crippen molar-refractivity contribution in [2.75, 3.05) is 26.2 Å². The average Bonchev–Trinajstić information content (AvgIpc) is 2.30. The molecule has 6 heteroatoms. The predicted octanol–water partition coefficient (Wildman–Crippen LogP) is 3.46. The van der Waals surface area contributed by atoms with E-state index in [0.29, 0.717) is 26.2 Å². The Kier molecular flexibility index (Phi) is 7.32. The molecule has 0 saturated carbocycles. The first-order chi connectivity index (χ1) is 7.52. The standard InChI is InChI=1S/C10H22ClN2O2P/c1-5-12(6-2)16(15,10(11)9-14)13(7-3)8-4/h9,14H,5-8H2,1-4H3. The second kappa shape index (κ2) is 7.33. The van der Waals surface area contributed by atoms with Crippen LogP contribution in [0.5, 0.6) is 0 Å². The molecule has 0 amide bonds. The van der Waals surface area contributed by atoms with Crippen molar-refractivity contribution in [3.63, 3.8) is 0 Å². The first kappa shape index (κ1) is 16.0. The number of rotatable bonds is 7. The molecule has 0 bridgehead atoms. The van der Waals surface area contributed by atoms with Gasteiger partial charge in [-0.1, -0.05) is 39.3 Å². The van der Waals surface area contributed by atoms with E-state index in [9.17, 15) is 4.57 Å². The fourth-order valence-corrected chi connectivity index (χ4v) is 4.96. The Hall–Kier alpha value is -0.0200. The van der Waals surface area contributed by atoms with Gasteiger partial charge in [0.15, 0.2) is 0 Å². The first-order valence-corrected chi connectivity index (χ1v) is 7.63. The van der Waals surface area contributed by atoms with Gasteiger partial charge in [-0.15, -0.1) is 0 Å². The fraction of sp³-hybridized carbons (Fsp3) is 0.800. The zero-order valence-electron chi connectivity index (χ0n) is 10.5. The summed E-state index contributed by atoms with van der Waals surface area (Å²) in [7, 11) is -2.99. The topological polar surface area (TPSA) is 43.8 Å². The number of aliphatic hydroxyl groups excluding tert-OH is 1. The molecule has 0 aliphatic carbocycles. The van der Waals surface area contributed by atoms with Crippen molar-refractivity contribution in [2.24, 2.45) is 0 Å². The van der Waals surface area contributed by atoms with Gasteiger partial charge >= 0.3 is 0 Å². The Morgan fingerprint density at radius 3 is 1.62 bits per heavy atom. The molecule has 0 saturated heterocycles. The highest BCUT2D eigenvalue weighted by Crippen LogP contribution is 2.61. The van der Waals surface area contributed by atoms with Gasteiger partial charge in [-0.2, -0.15) is 0 Å². The molecular weight excluding hydrogens is 247 g/mol. The van der Waals surface area contributed by atoms with Crippen LogP contribution in [0.3, 0.4) is 0 Å². The minimum absolute atomic E-state index is 0.0277. The van der Waals surface area contributed by atoms with Crippen LogP contribution in [0.4, 0.5) is 0 Å². The second-order valence-electron chi connectivity index (χ2n) is 3.27. The van der Waals surface area contributed by atoms with Crippen LogP contribution in [0.15, 0.2) is 11.0 Å². The number of halogens is 1. The summed E-state index contributed by atoms with van der Waals surface area (Å²) in [5.74, 6) is 0. The van der Waals surface area contributed by atoms with E-state index >= 15 is 0 Å². The van der Waals surface area contributed by atoms with Crippen LogP contribution in [0.25, 0.3) is 0 Å². The molecular formula is C10H22ClN2O2P. The Labute approximate surface area is 103 Å². The average molecular weight is 269 g/mol. The molecule has 0 unspecified atom stereocenters. The predicted molar refractivity (Wildman–Crippen MR) is 70.0 cm³/mol. The molecule has 0 fully saturated rings. The van der Waals surface area contributed by atoms with Gasteiger partial charge in [0.1, 0.15) is 11.0 Å². The smallest absolute Gasteiger partial charge is 0.259 e. The van der Waals surface area contributed by atoms with Crippen molar-refractivity contribution in [1.29, 1.82) is 0 Å². The summed E-state index contributed by atoms with van der Waals surface area (Å²) in [6.07, 6.45) is 0.749. The molecule has 0 aliphatic heterocycles. The van der Waals surface area contributed by atoms with E-state index in [1.165, 1.54) is 0 Å². The molecule has 0 aliphatic rings. The highest BCUT2D eigenvalue weighted by atomic mass is 35.5. The first-order valence-electron chi connectivity index (χ1n) is 5.64. The largest absolute Gasteiger partial charge is 0.514 e. The van der Waals surface area contributed by atoms with E-state index in [2.05, 4.69) is 0 Å². The van der Waals surface area contributed by atoms with Crippen molar-refractivity contribution in [1.82, 2.24) is 9.34 Å². The number of nitrogens with zero attached hydrogens (tertiary/aromatic N) is 2. The summed E-state index contributed by atoms with van der Waals surface area (Å²) in [6, 6.07) is 0. The number of hydrogen-bond acceptors (Lipinski definition) is 2. The lowest BCUT2D eigenvalue weighted by Crippen LogP contribution is -2.32. The molecule has 96 valence electrons. The molecule has 0 aromatic carbocycles. The van der Waals surface area contributed by atoms with Crippen molar-refractivity contribution in [3.8, 4) is 0 Å². The van der Waals surface area contributed by atoms with Gasteiger partial charge < -0.3 is 5.11 Å². The lowest BCUT2D eigenvalue weighted by molar-refractivity contribution is 0.365. The van der Waals surface area contributed by atoms with Gasteiger partial charge in [-0.3, -0.25) is 4.57 Å². The van der Waals surface area contributed by atoms with E-state index in [0.717, 1.165) is 6.26 Å². The molecule has 4 nitrogen and oxygen atoms in total. The van der Waals surface area contributed by atoms with Crippen LogP contribution in [-0.2, 0) is 4.57 Å². The zero-order valence-corrected chi connectivity index (χ0v) is 12.1. The van der Waals surface area contributed by atoms with E-state index in [1.54, 1.807) is 9.34 Å². The molecule has 0 spiro atoms. The fourth-order valence-electron chi connectivity index (χ4n) is 1.74. The lowest BCUT2D eigenvalue weighted by atomic mass is 10.7. The summed E-state index contributed by atoms with van der Waals surface area (Å²) < 4.78 is 16.6. The maximum atomic E-state index is 13.0. The van der Waals surface area contributed by atoms with Crippen LogP contribution in [0.2, 0.25) is 0 Å².